The summed E-state index contributed by atoms with van der Waals surface area (Å²) in [5, 5.41) is 3.11. The van der Waals surface area contributed by atoms with Crippen molar-refractivity contribution in [1.29, 1.82) is 0 Å². The lowest BCUT2D eigenvalue weighted by molar-refractivity contribution is -0.122. The van der Waals surface area contributed by atoms with Crippen LogP contribution < -0.4 is 11.1 Å². The molecule has 6 heteroatoms. The van der Waals surface area contributed by atoms with Crippen LogP contribution in [-0.2, 0) is 11.3 Å². The van der Waals surface area contributed by atoms with Gasteiger partial charge in [0.15, 0.2) is 0 Å². The first-order chi connectivity index (χ1) is 12.2. The van der Waals surface area contributed by atoms with Crippen molar-refractivity contribution in [3.63, 3.8) is 0 Å². The van der Waals surface area contributed by atoms with Crippen LogP contribution in [0.15, 0.2) is 23.7 Å². The number of carbonyl (C=O) groups is 1. The minimum Gasteiger partial charge on any atom is -0.352 e. The third kappa shape index (κ3) is 3.86. The Bertz CT molecular complexity index is 742. The van der Waals surface area contributed by atoms with E-state index in [1.54, 1.807) is 11.3 Å². The molecule has 4 rings (SSSR count). The van der Waals surface area contributed by atoms with Gasteiger partial charge in [-0.2, -0.15) is 0 Å². The van der Waals surface area contributed by atoms with Crippen LogP contribution in [-0.4, -0.2) is 41.0 Å². The lowest BCUT2D eigenvalue weighted by Gasteiger charge is -2.29. The van der Waals surface area contributed by atoms with Gasteiger partial charge in [-0.25, -0.2) is 4.98 Å². The van der Waals surface area contributed by atoms with Gasteiger partial charge in [0.1, 0.15) is 0 Å². The van der Waals surface area contributed by atoms with Crippen molar-refractivity contribution in [3.05, 3.63) is 29.3 Å². The number of rotatable bonds is 7. The highest BCUT2D eigenvalue weighted by atomic mass is 32.1. The summed E-state index contributed by atoms with van der Waals surface area (Å²) >= 11 is 1.63. The van der Waals surface area contributed by atoms with Crippen LogP contribution in [0.1, 0.15) is 37.7 Å². The molecule has 1 saturated heterocycles. The fraction of sp³-hybridized carbons (Fsp3) is 0.579. The maximum absolute atomic E-state index is 12.5. The van der Waals surface area contributed by atoms with Crippen LogP contribution in [0, 0.1) is 5.92 Å². The van der Waals surface area contributed by atoms with Crippen LogP contribution in [0.4, 0.5) is 0 Å². The molecule has 134 valence electrons. The molecule has 5 nitrogen and oxygen atoms in total. The zero-order valence-corrected chi connectivity index (χ0v) is 15.3. The van der Waals surface area contributed by atoms with Crippen molar-refractivity contribution in [1.82, 2.24) is 15.2 Å². The maximum Gasteiger partial charge on any atom is 0.221 e. The third-order valence-electron chi connectivity index (χ3n) is 5.54. The van der Waals surface area contributed by atoms with Crippen molar-refractivity contribution in [2.75, 3.05) is 13.1 Å². The van der Waals surface area contributed by atoms with Gasteiger partial charge in [-0.1, -0.05) is 12.1 Å². The Morgan fingerprint density at radius 1 is 1.28 bits per heavy atom. The molecular weight excluding hydrogens is 332 g/mol. The van der Waals surface area contributed by atoms with E-state index in [1.165, 1.54) is 17.5 Å². The summed E-state index contributed by atoms with van der Waals surface area (Å²) in [5.74, 6) is 0.978. The molecular formula is C19H26N4OS. The first kappa shape index (κ1) is 16.9. The van der Waals surface area contributed by atoms with E-state index in [1.807, 2.05) is 17.6 Å². The van der Waals surface area contributed by atoms with Crippen molar-refractivity contribution < 1.29 is 4.79 Å². The molecule has 0 spiro atoms. The van der Waals surface area contributed by atoms with Gasteiger partial charge in [-0.05, 0) is 43.2 Å². The van der Waals surface area contributed by atoms with E-state index >= 15 is 0 Å². The van der Waals surface area contributed by atoms with Gasteiger partial charge in [-0.3, -0.25) is 9.69 Å². The largest absolute Gasteiger partial charge is 0.352 e. The molecule has 1 aromatic heterocycles. The Labute approximate surface area is 152 Å². The van der Waals surface area contributed by atoms with Gasteiger partial charge < -0.3 is 11.1 Å². The number of likely N-dealkylation sites (tertiary alicyclic amines) is 1. The molecule has 3 N–H and O–H groups in total. The summed E-state index contributed by atoms with van der Waals surface area (Å²) in [4.78, 5) is 19.4. The summed E-state index contributed by atoms with van der Waals surface area (Å²) < 4.78 is 1.17. The average molecular weight is 359 g/mol. The number of aromatic nitrogens is 1. The zero-order chi connectivity index (χ0) is 17.2. The maximum atomic E-state index is 12.5. The van der Waals surface area contributed by atoms with Gasteiger partial charge >= 0.3 is 0 Å². The van der Waals surface area contributed by atoms with E-state index in [0.29, 0.717) is 31.6 Å². The molecule has 2 aromatic rings. The van der Waals surface area contributed by atoms with Gasteiger partial charge in [0, 0.05) is 38.1 Å². The summed E-state index contributed by atoms with van der Waals surface area (Å²) in [7, 11) is 0. The molecule has 1 amide bonds. The van der Waals surface area contributed by atoms with Gasteiger partial charge in [-0.15, -0.1) is 11.3 Å². The number of hydrogen-bond donors (Lipinski definition) is 2. The second-order valence-corrected chi connectivity index (χ2v) is 8.21. The fourth-order valence-electron chi connectivity index (χ4n) is 3.95. The van der Waals surface area contributed by atoms with Crippen LogP contribution in [0.5, 0.6) is 0 Å². The number of hydrogen-bond acceptors (Lipinski definition) is 5. The third-order valence-corrected chi connectivity index (χ3v) is 6.46. The van der Waals surface area contributed by atoms with Crippen LogP contribution in [0.2, 0.25) is 0 Å². The predicted molar refractivity (Wildman–Crippen MR) is 101 cm³/mol. The first-order valence-electron chi connectivity index (χ1n) is 9.28. The molecule has 0 bridgehead atoms. The van der Waals surface area contributed by atoms with Gasteiger partial charge in [0.2, 0.25) is 5.91 Å². The minimum atomic E-state index is 0.144. The lowest BCUT2D eigenvalue weighted by Crippen LogP contribution is -2.43. The van der Waals surface area contributed by atoms with E-state index in [-0.39, 0.29) is 5.91 Å². The molecule has 1 aliphatic heterocycles. The second kappa shape index (κ2) is 7.40. The Hall–Kier alpha value is -1.50. The van der Waals surface area contributed by atoms with Crippen LogP contribution >= 0.6 is 11.3 Å². The van der Waals surface area contributed by atoms with E-state index < -0.39 is 0 Å². The Morgan fingerprint density at radius 2 is 2.12 bits per heavy atom. The number of amides is 1. The number of nitrogens with two attached hydrogens (primary N) is 1. The molecule has 1 saturated carbocycles. The fourth-order valence-corrected chi connectivity index (χ4v) is 4.75. The number of nitrogens with zero attached hydrogens (tertiary/aromatic N) is 2. The molecule has 2 fully saturated rings. The van der Waals surface area contributed by atoms with E-state index in [9.17, 15) is 4.79 Å². The number of fused-ring (bicyclic) bond motifs is 1. The SMILES string of the molecule is NC[C@H]1CC[C@@H](CC(=O)NCc2cccc3ncsc23)N1CC1CC1. The molecule has 1 aromatic carbocycles. The first-order valence-corrected chi connectivity index (χ1v) is 10.2. The zero-order valence-electron chi connectivity index (χ0n) is 14.5. The summed E-state index contributed by atoms with van der Waals surface area (Å²) in [5.41, 5.74) is 9.96. The Balaban J connectivity index is 1.34. The summed E-state index contributed by atoms with van der Waals surface area (Å²) in [6.07, 6.45) is 5.48. The van der Waals surface area contributed by atoms with Crippen molar-refractivity contribution in [2.24, 2.45) is 11.7 Å². The van der Waals surface area contributed by atoms with E-state index in [0.717, 1.165) is 36.4 Å². The molecule has 2 heterocycles. The Kier molecular flexibility index (Phi) is 5.01. The highest BCUT2D eigenvalue weighted by Crippen LogP contribution is 2.35. The smallest absolute Gasteiger partial charge is 0.221 e. The van der Waals surface area contributed by atoms with Crippen LogP contribution in [0.3, 0.4) is 0 Å². The molecule has 2 atom stereocenters. The monoisotopic (exact) mass is 358 g/mol. The number of nitrogens with one attached hydrogen (secondary N) is 1. The summed E-state index contributed by atoms with van der Waals surface area (Å²) in [6.45, 7) is 2.41. The highest BCUT2D eigenvalue weighted by Gasteiger charge is 2.37. The van der Waals surface area contributed by atoms with E-state index in [2.05, 4.69) is 21.3 Å². The minimum absolute atomic E-state index is 0.144. The van der Waals surface area contributed by atoms with Crippen molar-refractivity contribution in [3.8, 4) is 0 Å². The highest BCUT2D eigenvalue weighted by molar-refractivity contribution is 7.16. The molecule has 0 unspecified atom stereocenters. The average Bonchev–Trinajstić information content (AvgIpc) is 3.16. The predicted octanol–water partition coefficient (Wildman–Crippen LogP) is 2.50. The van der Waals surface area contributed by atoms with E-state index in [4.69, 9.17) is 5.73 Å². The normalized spacial score (nSPS) is 24.0. The number of benzene rings is 1. The van der Waals surface area contributed by atoms with Crippen molar-refractivity contribution in [2.45, 2.75) is 50.7 Å². The second-order valence-electron chi connectivity index (χ2n) is 7.36. The number of thiazole rings is 1. The Morgan fingerprint density at radius 3 is 2.92 bits per heavy atom. The standard InChI is InChI=1S/C19H26N4OS/c20-9-16-7-6-15(23(16)11-13-4-5-13)8-18(24)21-10-14-2-1-3-17-19(14)25-12-22-17/h1-3,12-13,15-16H,4-11,20H2,(H,21,24)/t15-,16+/m0/s1. The molecule has 2 aliphatic rings. The van der Waals surface area contributed by atoms with Crippen molar-refractivity contribution >= 4 is 27.5 Å². The topological polar surface area (TPSA) is 71.2 Å². The molecule has 1 aliphatic carbocycles. The number of carbonyl (C=O) groups excluding carboxylic acids is 1. The lowest BCUT2D eigenvalue weighted by atomic mass is 10.1. The van der Waals surface area contributed by atoms with Gasteiger partial charge in [0.25, 0.3) is 0 Å². The molecule has 0 radical (unpaired) electrons. The quantitative estimate of drug-likeness (QED) is 0.798. The summed E-state index contributed by atoms with van der Waals surface area (Å²) in [6, 6.07) is 6.90. The molecule has 25 heavy (non-hydrogen) atoms. The van der Waals surface area contributed by atoms with Crippen LogP contribution in [0.25, 0.3) is 10.2 Å². The van der Waals surface area contributed by atoms with Gasteiger partial charge in [0.05, 0.1) is 15.7 Å².